The highest BCUT2D eigenvalue weighted by atomic mass is 35.5. The molecule has 1 aliphatic rings. The molecular formula is C26H24ClFN2O3S. The minimum atomic E-state index is -0.790. The molecule has 176 valence electrons. The second kappa shape index (κ2) is 11.9. The number of hydrogen-bond acceptors (Lipinski definition) is 5. The Balaban J connectivity index is 0.00000324. The van der Waals surface area contributed by atoms with Crippen molar-refractivity contribution in [3.63, 3.8) is 0 Å². The summed E-state index contributed by atoms with van der Waals surface area (Å²) in [4.78, 5) is 14.9. The van der Waals surface area contributed by atoms with E-state index < -0.39 is 12.0 Å². The fourth-order valence-electron chi connectivity index (χ4n) is 3.93. The van der Waals surface area contributed by atoms with Gasteiger partial charge in [-0.15, -0.1) is 12.4 Å². The molecule has 3 aromatic rings. The number of carboxylic acids is 1. The van der Waals surface area contributed by atoms with Gasteiger partial charge in [-0.25, -0.2) is 4.39 Å². The summed E-state index contributed by atoms with van der Waals surface area (Å²) in [5.41, 5.74) is 2.51. The normalized spacial score (nSPS) is 15.4. The Bertz CT molecular complexity index is 1180. The highest BCUT2D eigenvalue weighted by Crippen LogP contribution is 2.38. The van der Waals surface area contributed by atoms with E-state index >= 15 is 0 Å². The minimum absolute atomic E-state index is 0. The Morgan fingerprint density at radius 3 is 2.62 bits per heavy atom. The van der Waals surface area contributed by atoms with Crippen LogP contribution in [0, 0.1) is 17.1 Å². The van der Waals surface area contributed by atoms with E-state index in [4.69, 9.17) is 10.00 Å². The SMILES string of the molecule is Cl.N#Cc1ccc(-c2ccc(OCCN3CCCC3C(=O)O)c(Sc3cccc(F)c3)c2)cc1. The van der Waals surface area contributed by atoms with Crippen LogP contribution >= 0.6 is 24.2 Å². The van der Waals surface area contributed by atoms with Crippen LogP contribution in [0.2, 0.25) is 0 Å². The summed E-state index contributed by atoms with van der Waals surface area (Å²) in [6.07, 6.45) is 1.53. The maximum absolute atomic E-state index is 13.7. The third-order valence-corrected chi connectivity index (χ3v) is 6.63. The first-order chi connectivity index (χ1) is 16.0. The van der Waals surface area contributed by atoms with Crippen LogP contribution in [0.3, 0.4) is 0 Å². The summed E-state index contributed by atoms with van der Waals surface area (Å²) < 4.78 is 19.8. The molecular weight excluding hydrogens is 475 g/mol. The summed E-state index contributed by atoms with van der Waals surface area (Å²) in [5, 5.41) is 18.4. The molecule has 34 heavy (non-hydrogen) atoms. The Hall–Kier alpha value is -3.05. The van der Waals surface area contributed by atoms with Gasteiger partial charge in [-0.05, 0) is 73.0 Å². The van der Waals surface area contributed by atoms with Gasteiger partial charge in [-0.3, -0.25) is 9.69 Å². The fourth-order valence-corrected chi connectivity index (χ4v) is 4.91. The van der Waals surface area contributed by atoms with E-state index in [-0.39, 0.29) is 18.2 Å². The number of carboxylic acid groups (broad SMARTS) is 1. The molecule has 5 nitrogen and oxygen atoms in total. The standard InChI is InChI=1S/C26H23FN2O3S.ClH/c27-21-3-1-4-22(16-21)33-25-15-20(19-8-6-18(17-28)7-9-19)10-11-24(25)32-14-13-29-12-2-5-23(29)26(30)31;/h1,3-4,6-11,15-16,23H,2,5,12-14H2,(H,30,31);1H. The quantitative estimate of drug-likeness (QED) is 0.419. The topological polar surface area (TPSA) is 73.6 Å². The van der Waals surface area contributed by atoms with Crippen LogP contribution in [0.15, 0.2) is 76.5 Å². The average molecular weight is 499 g/mol. The molecule has 0 radical (unpaired) electrons. The van der Waals surface area contributed by atoms with Gasteiger partial charge in [0.2, 0.25) is 0 Å². The lowest BCUT2D eigenvalue weighted by Gasteiger charge is -2.21. The van der Waals surface area contributed by atoms with Gasteiger partial charge < -0.3 is 9.84 Å². The molecule has 0 saturated carbocycles. The zero-order valence-electron chi connectivity index (χ0n) is 18.3. The predicted octanol–water partition coefficient (Wildman–Crippen LogP) is 5.87. The van der Waals surface area contributed by atoms with Crippen LogP contribution in [-0.4, -0.2) is 41.7 Å². The lowest BCUT2D eigenvalue weighted by atomic mass is 10.0. The Labute approximate surface area is 208 Å². The fraction of sp³-hybridized carbons (Fsp3) is 0.231. The third kappa shape index (κ3) is 6.29. The zero-order chi connectivity index (χ0) is 23.2. The van der Waals surface area contributed by atoms with Crippen LogP contribution in [0.4, 0.5) is 4.39 Å². The molecule has 0 bridgehead atoms. The van der Waals surface area contributed by atoms with Crippen molar-refractivity contribution in [1.29, 1.82) is 5.26 Å². The summed E-state index contributed by atoms with van der Waals surface area (Å²) in [6.45, 7) is 1.64. The van der Waals surface area contributed by atoms with Gasteiger partial charge in [-0.1, -0.05) is 36.0 Å². The molecule has 8 heteroatoms. The van der Waals surface area contributed by atoms with Crippen molar-refractivity contribution in [3.8, 4) is 22.9 Å². The van der Waals surface area contributed by atoms with Crippen molar-refractivity contribution in [2.24, 2.45) is 0 Å². The van der Waals surface area contributed by atoms with Gasteiger partial charge >= 0.3 is 5.97 Å². The number of halogens is 2. The second-order valence-electron chi connectivity index (χ2n) is 7.79. The largest absolute Gasteiger partial charge is 0.491 e. The minimum Gasteiger partial charge on any atom is -0.491 e. The predicted molar refractivity (Wildman–Crippen MR) is 132 cm³/mol. The number of likely N-dealkylation sites (tertiary alicyclic amines) is 1. The molecule has 3 aromatic carbocycles. The van der Waals surface area contributed by atoms with Gasteiger partial charge in [0.05, 0.1) is 16.5 Å². The number of rotatable bonds is 8. The number of carbonyl (C=O) groups is 1. The van der Waals surface area contributed by atoms with Crippen LogP contribution < -0.4 is 4.74 Å². The Kier molecular flexibility index (Phi) is 8.94. The highest BCUT2D eigenvalue weighted by molar-refractivity contribution is 7.99. The number of aliphatic carboxylic acids is 1. The van der Waals surface area contributed by atoms with Crippen LogP contribution in [-0.2, 0) is 4.79 Å². The number of hydrogen-bond donors (Lipinski definition) is 1. The first-order valence-electron chi connectivity index (χ1n) is 10.7. The molecule has 0 amide bonds. The second-order valence-corrected chi connectivity index (χ2v) is 8.91. The lowest BCUT2D eigenvalue weighted by molar-refractivity contribution is -0.142. The molecule has 1 unspecified atom stereocenters. The molecule has 0 spiro atoms. The van der Waals surface area contributed by atoms with E-state index in [1.807, 2.05) is 41.3 Å². The maximum Gasteiger partial charge on any atom is 0.320 e. The molecule has 1 fully saturated rings. The zero-order valence-corrected chi connectivity index (χ0v) is 19.9. The smallest absolute Gasteiger partial charge is 0.320 e. The van der Waals surface area contributed by atoms with Crippen LogP contribution in [0.5, 0.6) is 5.75 Å². The van der Waals surface area contributed by atoms with Crippen molar-refractivity contribution in [1.82, 2.24) is 4.90 Å². The third-order valence-electron chi connectivity index (χ3n) is 5.60. The van der Waals surface area contributed by atoms with E-state index in [1.54, 1.807) is 18.2 Å². The number of nitrogens with zero attached hydrogens (tertiary/aromatic N) is 2. The first kappa shape index (κ1) is 25.6. The molecule has 1 N–H and O–H groups in total. The Morgan fingerprint density at radius 2 is 1.91 bits per heavy atom. The van der Waals surface area contributed by atoms with Crippen LogP contribution in [0.25, 0.3) is 11.1 Å². The summed E-state index contributed by atoms with van der Waals surface area (Å²) >= 11 is 1.41. The highest BCUT2D eigenvalue weighted by Gasteiger charge is 2.30. The van der Waals surface area contributed by atoms with Crippen LogP contribution in [0.1, 0.15) is 18.4 Å². The summed E-state index contributed by atoms with van der Waals surface area (Å²) in [6, 6.07) is 21.2. The number of benzene rings is 3. The average Bonchev–Trinajstić information content (AvgIpc) is 3.29. The summed E-state index contributed by atoms with van der Waals surface area (Å²) in [7, 11) is 0. The molecule has 1 atom stereocenters. The van der Waals surface area contributed by atoms with Gasteiger partial charge in [0.1, 0.15) is 24.2 Å². The van der Waals surface area contributed by atoms with E-state index in [0.29, 0.717) is 30.9 Å². The monoisotopic (exact) mass is 498 g/mol. The van der Waals surface area contributed by atoms with Crippen molar-refractivity contribution in [2.75, 3.05) is 19.7 Å². The van der Waals surface area contributed by atoms with E-state index in [0.717, 1.165) is 33.9 Å². The molecule has 1 heterocycles. The molecule has 0 aromatic heterocycles. The number of ether oxygens (including phenoxy) is 1. The van der Waals surface area contributed by atoms with Crippen molar-refractivity contribution in [3.05, 3.63) is 78.1 Å². The molecule has 1 saturated heterocycles. The van der Waals surface area contributed by atoms with Gasteiger partial charge in [0.25, 0.3) is 0 Å². The van der Waals surface area contributed by atoms with E-state index in [2.05, 4.69) is 6.07 Å². The van der Waals surface area contributed by atoms with E-state index in [9.17, 15) is 14.3 Å². The maximum atomic E-state index is 13.7. The Morgan fingerprint density at radius 1 is 1.15 bits per heavy atom. The van der Waals surface area contributed by atoms with Gasteiger partial charge in [-0.2, -0.15) is 5.26 Å². The number of nitriles is 1. The van der Waals surface area contributed by atoms with Crippen molar-refractivity contribution in [2.45, 2.75) is 28.7 Å². The molecule has 1 aliphatic heterocycles. The molecule has 0 aliphatic carbocycles. The lowest BCUT2D eigenvalue weighted by Crippen LogP contribution is -2.38. The van der Waals surface area contributed by atoms with Gasteiger partial charge in [0, 0.05) is 11.4 Å². The van der Waals surface area contributed by atoms with Crippen molar-refractivity contribution < 1.29 is 19.0 Å². The first-order valence-corrected chi connectivity index (χ1v) is 11.5. The molecule has 4 rings (SSSR count). The van der Waals surface area contributed by atoms with E-state index in [1.165, 1.54) is 23.9 Å². The van der Waals surface area contributed by atoms with Crippen molar-refractivity contribution >= 4 is 30.1 Å². The van der Waals surface area contributed by atoms with Gasteiger partial charge in [0.15, 0.2) is 0 Å². The summed E-state index contributed by atoms with van der Waals surface area (Å²) in [5.74, 6) is -0.436.